The van der Waals surface area contributed by atoms with Gasteiger partial charge < -0.3 is 9.32 Å². The number of nitrogens with zero attached hydrogens (tertiary/aromatic N) is 3. The zero-order valence-corrected chi connectivity index (χ0v) is 15.8. The van der Waals surface area contributed by atoms with Gasteiger partial charge in [-0.25, -0.2) is 0 Å². The van der Waals surface area contributed by atoms with Gasteiger partial charge in [0.2, 0.25) is 0 Å². The maximum absolute atomic E-state index is 12.7. The molecule has 3 aliphatic rings. The molecule has 0 N–H and O–H groups in total. The van der Waals surface area contributed by atoms with Gasteiger partial charge in [0.15, 0.2) is 5.76 Å². The highest BCUT2D eigenvalue weighted by Gasteiger charge is 2.28. The fourth-order valence-corrected chi connectivity index (χ4v) is 5.32. The second-order valence-corrected chi connectivity index (χ2v) is 8.65. The van der Waals surface area contributed by atoms with Crippen molar-refractivity contribution >= 4 is 17.7 Å². The van der Waals surface area contributed by atoms with E-state index in [4.69, 9.17) is 4.42 Å². The van der Waals surface area contributed by atoms with Crippen LogP contribution in [0.4, 0.5) is 0 Å². The monoisotopic (exact) mass is 363 g/mol. The Morgan fingerprint density at radius 3 is 2.48 bits per heavy atom. The van der Waals surface area contributed by atoms with Crippen LogP contribution in [0.3, 0.4) is 0 Å². The number of furan rings is 1. The molecule has 3 aliphatic heterocycles. The highest BCUT2D eigenvalue weighted by Crippen LogP contribution is 2.23. The number of hydrogen-bond donors (Lipinski definition) is 0. The van der Waals surface area contributed by atoms with Crippen molar-refractivity contribution < 1.29 is 9.21 Å². The minimum absolute atomic E-state index is 0.0616. The quantitative estimate of drug-likeness (QED) is 0.822. The molecule has 4 heterocycles. The number of carbonyl (C=O) groups excluding carboxylic acids is 1. The third kappa shape index (κ3) is 4.23. The topological polar surface area (TPSA) is 39.9 Å². The molecule has 138 valence electrons. The lowest BCUT2D eigenvalue weighted by molar-refractivity contribution is 0.0528. The molecule has 0 aliphatic carbocycles. The van der Waals surface area contributed by atoms with E-state index in [0.29, 0.717) is 5.76 Å². The standard InChI is InChI=1S/C19H29N3O2S/c23-19(18-4-3-17(24-18)15-20-7-1-2-8-20)22-11-9-21(10-12-22)16-5-13-25-14-6-16/h3-4,16H,1-2,5-15H2. The second kappa shape index (κ2) is 8.14. The normalized spacial score (nSPS) is 24.1. The molecule has 1 aromatic rings. The van der Waals surface area contributed by atoms with Gasteiger partial charge in [-0.05, 0) is 62.4 Å². The van der Waals surface area contributed by atoms with E-state index in [2.05, 4.69) is 21.6 Å². The van der Waals surface area contributed by atoms with Crippen LogP contribution >= 0.6 is 11.8 Å². The number of likely N-dealkylation sites (tertiary alicyclic amines) is 1. The molecule has 0 unspecified atom stereocenters. The summed E-state index contributed by atoms with van der Waals surface area (Å²) in [6.45, 7) is 6.78. The molecule has 1 amide bonds. The molecule has 0 bridgehead atoms. The average molecular weight is 364 g/mol. The Morgan fingerprint density at radius 1 is 1.04 bits per heavy atom. The van der Waals surface area contributed by atoms with Crippen molar-refractivity contribution in [2.24, 2.45) is 0 Å². The SMILES string of the molecule is O=C(c1ccc(CN2CCCC2)o1)N1CCN(C2CCSCC2)CC1. The van der Waals surface area contributed by atoms with Crippen LogP contribution in [-0.4, -0.2) is 77.4 Å². The second-order valence-electron chi connectivity index (χ2n) is 7.42. The van der Waals surface area contributed by atoms with Crippen LogP contribution in [0, 0.1) is 0 Å². The van der Waals surface area contributed by atoms with Crippen LogP contribution in [0.2, 0.25) is 0 Å². The summed E-state index contributed by atoms with van der Waals surface area (Å²) in [5.41, 5.74) is 0. The summed E-state index contributed by atoms with van der Waals surface area (Å²) in [4.78, 5) is 19.7. The zero-order valence-electron chi connectivity index (χ0n) is 15.0. The molecule has 0 radical (unpaired) electrons. The van der Waals surface area contributed by atoms with E-state index in [0.717, 1.165) is 57.6 Å². The number of amides is 1. The first-order valence-electron chi connectivity index (χ1n) is 9.72. The van der Waals surface area contributed by atoms with Crippen LogP contribution in [-0.2, 0) is 6.54 Å². The Morgan fingerprint density at radius 2 is 1.76 bits per heavy atom. The van der Waals surface area contributed by atoms with E-state index < -0.39 is 0 Å². The predicted molar refractivity (Wildman–Crippen MR) is 101 cm³/mol. The Hall–Kier alpha value is -0.980. The predicted octanol–water partition coefficient (Wildman–Crippen LogP) is 2.53. The number of thioether (sulfide) groups is 1. The molecule has 0 spiro atoms. The first-order valence-corrected chi connectivity index (χ1v) is 10.9. The summed E-state index contributed by atoms with van der Waals surface area (Å²) in [6.07, 6.45) is 5.15. The first kappa shape index (κ1) is 17.4. The molecule has 3 saturated heterocycles. The van der Waals surface area contributed by atoms with Crippen molar-refractivity contribution in [2.75, 3.05) is 50.8 Å². The lowest BCUT2D eigenvalue weighted by atomic mass is 10.1. The van der Waals surface area contributed by atoms with E-state index in [1.807, 2.05) is 17.0 Å². The van der Waals surface area contributed by atoms with Crippen LogP contribution in [0.25, 0.3) is 0 Å². The summed E-state index contributed by atoms with van der Waals surface area (Å²) < 4.78 is 5.85. The van der Waals surface area contributed by atoms with Gasteiger partial charge in [-0.2, -0.15) is 11.8 Å². The number of rotatable bonds is 4. The lowest BCUT2D eigenvalue weighted by Gasteiger charge is -2.40. The molecular weight excluding hydrogens is 334 g/mol. The molecule has 25 heavy (non-hydrogen) atoms. The van der Waals surface area contributed by atoms with E-state index in [1.165, 1.54) is 37.2 Å². The van der Waals surface area contributed by atoms with Crippen molar-refractivity contribution in [3.8, 4) is 0 Å². The fourth-order valence-electron chi connectivity index (χ4n) is 4.24. The molecule has 1 aromatic heterocycles. The summed E-state index contributed by atoms with van der Waals surface area (Å²) >= 11 is 2.07. The van der Waals surface area contributed by atoms with Gasteiger partial charge in [-0.3, -0.25) is 14.6 Å². The zero-order chi connectivity index (χ0) is 17.1. The summed E-state index contributed by atoms with van der Waals surface area (Å²) in [6, 6.07) is 4.56. The Kier molecular flexibility index (Phi) is 5.68. The van der Waals surface area contributed by atoms with E-state index in [1.54, 1.807) is 0 Å². The van der Waals surface area contributed by atoms with E-state index >= 15 is 0 Å². The molecule has 6 heteroatoms. The largest absolute Gasteiger partial charge is 0.455 e. The smallest absolute Gasteiger partial charge is 0.289 e. The summed E-state index contributed by atoms with van der Waals surface area (Å²) in [7, 11) is 0. The van der Waals surface area contributed by atoms with Gasteiger partial charge in [0.25, 0.3) is 5.91 Å². The lowest BCUT2D eigenvalue weighted by Crippen LogP contribution is -2.52. The molecule has 4 rings (SSSR count). The maximum atomic E-state index is 12.7. The highest BCUT2D eigenvalue weighted by atomic mass is 32.2. The minimum atomic E-state index is 0.0616. The number of carbonyl (C=O) groups is 1. The highest BCUT2D eigenvalue weighted by molar-refractivity contribution is 7.99. The Bertz CT molecular complexity index is 571. The number of piperazine rings is 1. The van der Waals surface area contributed by atoms with Gasteiger partial charge in [0.1, 0.15) is 5.76 Å². The van der Waals surface area contributed by atoms with Gasteiger partial charge in [0, 0.05) is 32.2 Å². The van der Waals surface area contributed by atoms with Gasteiger partial charge in [-0.15, -0.1) is 0 Å². The first-order chi connectivity index (χ1) is 12.3. The van der Waals surface area contributed by atoms with Crippen molar-refractivity contribution in [3.05, 3.63) is 23.7 Å². The Balaban J connectivity index is 1.29. The van der Waals surface area contributed by atoms with Crippen molar-refractivity contribution in [1.29, 1.82) is 0 Å². The Labute approximate surface area is 154 Å². The summed E-state index contributed by atoms with van der Waals surface area (Å²) in [5, 5.41) is 0. The van der Waals surface area contributed by atoms with Crippen LogP contribution in [0.5, 0.6) is 0 Å². The molecule has 0 atom stereocenters. The van der Waals surface area contributed by atoms with Gasteiger partial charge >= 0.3 is 0 Å². The van der Waals surface area contributed by atoms with Gasteiger partial charge in [-0.1, -0.05) is 0 Å². The van der Waals surface area contributed by atoms with Crippen LogP contribution < -0.4 is 0 Å². The third-order valence-electron chi connectivity index (χ3n) is 5.76. The minimum Gasteiger partial charge on any atom is -0.455 e. The molecule has 3 fully saturated rings. The van der Waals surface area contributed by atoms with Crippen molar-refractivity contribution in [1.82, 2.24) is 14.7 Å². The summed E-state index contributed by atoms with van der Waals surface area (Å²) in [5.74, 6) is 4.07. The fraction of sp³-hybridized carbons (Fsp3) is 0.737. The van der Waals surface area contributed by atoms with E-state index in [9.17, 15) is 4.79 Å². The molecule has 5 nitrogen and oxygen atoms in total. The average Bonchev–Trinajstić information content (AvgIpc) is 3.35. The van der Waals surface area contributed by atoms with E-state index in [-0.39, 0.29) is 5.91 Å². The van der Waals surface area contributed by atoms with Crippen molar-refractivity contribution in [2.45, 2.75) is 38.3 Å². The molecule has 0 aromatic carbocycles. The number of hydrogen-bond acceptors (Lipinski definition) is 5. The maximum Gasteiger partial charge on any atom is 0.289 e. The third-order valence-corrected chi connectivity index (χ3v) is 6.81. The van der Waals surface area contributed by atoms with Gasteiger partial charge in [0.05, 0.1) is 6.54 Å². The van der Waals surface area contributed by atoms with Crippen LogP contribution in [0.15, 0.2) is 16.5 Å². The van der Waals surface area contributed by atoms with Crippen LogP contribution in [0.1, 0.15) is 42.0 Å². The molecular formula is C19H29N3O2S. The van der Waals surface area contributed by atoms with Crippen molar-refractivity contribution in [3.63, 3.8) is 0 Å². The molecule has 0 saturated carbocycles.